The molecule has 6 nitrogen and oxygen atoms in total. The van der Waals surface area contributed by atoms with Crippen LogP contribution in [0.1, 0.15) is 59.3 Å². The van der Waals surface area contributed by atoms with Gasteiger partial charge in [0.25, 0.3) is 0 Å². The Morgan fingerprint density at radius 2 is 1.71 bits per heavy atom. The normalized spacial score (nSPS) is 33.9. The quantitative estimate of drug-likeness (QED) is 0.554. The molecule has 0 amide bonds. The second-order valence-electron chi connectivity index (χ2n) is 10.1. The summed E-state index contributed by atoms with van der Waals surface area (Å²) in [6, 6.07) is 0.382. The largest absolute Gasteiger partial charge is 0.378 e. The fraction of sp³-hybridized carbons (Fsp3) is 0.955. The molecule has 1 saturated carbocycles. The molecule has 3 rings (SSSR count). The number of rotatable bonds is 5. The molecule has 2 aliphatic heterocycles. The lowest BCUT2D eigenvalue weighted by Crippen LogP contribution is -2.70. The molecule has 0 spiro atoms. The molecular formula is C22H43N5O. The van der Waals surface area contributed by atoms with Gasteiger partial charge in [-0.05, 0) is 72.3 Å². The van der Waals surface area contributed by atoms with Gasteiger partial charge in [0.1, 0.15) is 0 Å². The van der Waals surface area contributed by atoms with Crippen LogP contribution in [0.3, 0.4) is 0 Å². The minimum Gasteiger partial charge on any atom is -0.378 e. The van der Waals surface area contributed by atoms with E-state index in [9.17, 15) is 0 Å². The van der Waals surface area contributed by atoms with E-state index in [-0.39, 0.29) is 16.6 Å². The maximum absolute atomic E-state index is 5.78. The van der Waals surface area contributed by atoms with Crippen molar-refractivity contribution in [2.45, 2.75) is 76.5 Å². The molecule has 28 heavy (non-hydrogen) atoms. The lowest BCUT2D eigenvalue weighted by molar-refractivity contribution is -0.176. The molecule has 2 atom stereocenters. The fourth-order valence-corrected chi connectivity index (χ4v) is 5.34. The van der Waals surface area contributed by atoms with Crippen molar-refractivity contribution in [3.05, 3.63) is 0 Å². The highest BCUT2D eigenvalue weighted by Crippen LogP contribution is 2.51. The van der Waals surface area contributed by atoms with Gasteiger partial charge in [0.2, 0.25) is 0 Å². The van der Waals surface area contributed by atoms with Crippen LogP contribution in [0, 0.1) is 5.41 Å². The SMILES string of the molecule is CN=C(NCC1(N2CCCCC2)CCN(C)CC1)NC1CC(C)(OC)C1(C)C. The molecule has 2 unspecified atom stereocenters. The summed E-state index contributed by atoms with van der Waals surface area (Å²) >= 11 is 0. The van der Waals surface area contributed by atoms with Crippen molar-refractivity contribution in [1.29, 1.82) is 0 Å². The third kappa shape index (κ3) is 4.05. The first-order valence-electron chi connectivity index (χ1n) is 11.2. The van der Waals surface area contributed by atoms with Gasteiger partial charge in [0, 0.05) is 37.7 Å². The van der Waals surface area contributed by atoms with Crippen molar-refractivity contribution >= 4 is 5.96 Å². The number of nitrogens with one attached hydrogen (secondary N) is 2. The number of aliphatic imine (C=N–C) groups is 1. The summed E-state index contributed by atoms with van der Waals surface area (Å²) in [4.78, 5) is 9.80. The topological polar surface area (TPSA) is 52.1 Å². The van der Waals surface area contributed by atoms with Gasteiger partial charge in [-0.1, -0.05) is 20.3 Å². The Morgan fingerprint density at radius 3 is 2.25 bits per heavy atom. The Labute approximate surface area is 172 Å². The molecule has 3 fully saturated rings. The molecule has 1 aliphatic carbocycles. The summed E-state index contributed by atoms with van der Waals surface area (Å²) in [5.41, 5.74) is 0.282. The van der Waals surface area contributed by atoms with E-state index in [4.69, 9.17) is 4.74 Å². The number of hydrogen-bond donors (Lipinski definition) is 2. The van der Waals surface area contributed by atoms with Crippen LogP contribution in [0.5, 0.6) is 0 Å². The van der Waals surface area contributed by atoms with E-state index in [1.54, 1.807) is 0 Å². The first-order chi connectivity index (χ1) is 13.3. The smallest absolute Gasteiger partial charge is 0.191 e. The van der Waals surface area contributed by atoms with Crippen LogP contribution in [-0.2, 0) is 4.74 Å². The standard InChI is InChI=1S/C22H43N5O/c1-20(2)18(16-21(20,3)28-6)25-19(23-4)24-17-22(10-14-26(5)15-11-22)27-12-8-7-9-13-27/h18H,7-17H2,1-6H3,(H2,23,24,25). The number of hydrogen-bond acceptors (Lipinski definition) is 4. The molecule has 0 aromatic carbocycles. The Kier molecular flexibility index (Phi) is 6.62. The van der Waals surface area contributed by atoms with E-state index >= 15 is 0 Å². The minimum absolute atomic E-state index is 0.0630. The van der Waals surface area contributed by atoms with Gasteiger partial charge < -0.3 is 20.3 Å². The van der Waals surface area contributed by atoms with Crippen LogP contribution in [0.2, 0.25) is 0 Å². The second kappa shape index (κ2) is 8.49. The maximum atomic E-state index is 5.78. The van der Waals surface area contributed by atoms with Gasteiger partial charge in [0.05, 0.1) is 5.60 Å². The van der Waals surface area contributed by atoms with Crippen molar-refractivity contribution in [3.8, 4) is 0 Å². The predicted octanol–water partition coefficient (Wildman–Crippen LogP) is 2.31. The van der Waals surface area contributed by atoms with E-state index in [0.29, 0.717) is 6.04 Å². The van der Waals surface area contributed by atoms with Crippen LogP contribution < -0.4 is 10.6 Å². The number of piperidine rings is 2. The Morgan fingerprint density at radius 1 is 1.07 bits per heavy atom. The highest BCUT2D eigenvalue weighted by atomic mass is 16.5. The summed E-state index contributed by atoms with van der Waals surface area (Å²) in [7, 11) is 5.96. The van der Waals surface area contributed by atoms with Crippen LogP contribution >= 0.6 is 0 Å². The third-order valence-corrected chi connectivity index (χ3v) is 8.34. The number of guanidine groups is 1. The average molecular weight is 394 g/mol. The average Bonchev–Trinajstić information content (AvgIpc) is 2.72. The molecule has 2 N–H and O–H groups in total. The summed E-state index contributed by atoms with van der Waals surface area (Å²) in [5, 5.41) is 7.39. The lowest BCUT2D eigenvalue weighted by Gasteiger charge is -2.59. The van der Waals surface area contributed by atoms with Crippen LogP contribution in [0.15, 0.2) is 4.99 Å². The predicted molar refractivity (Wildman–Crippen MR) is 117 cm³/mol. The van der Waals surface area contributed by atoms with Crippen molar-refractivity contribution in [2.24, 2.45) is 10.4 Å². The van der Waals surface area contributed by atoms with E-state index in [1.165, 1.54) is 58.3 Å². The van der Waals surface area contributed by atoms with E-state index < -0.39 is 0 Å². The summed E-state index contributed by atoms with van der Waals surface area (Å²) in [6.45, 7) is 12.6. The third-order valence-electron chi connectivity index (χ3n) is 8.34. The van der Waals surface area contributed by atoms with E-state index in [2.05, 4.69) is 53.2 Å². The molecule has 6 heteroatoms. The van der Waals surface area contributed by atoms with Crippen LogP contribution in [-0.4, -0.2) is 86.9 Å². The zero-order valence-electron chi connectivity index (χ0n) is 19.1. The van der Waals surface area contributed by atoms with Gasteiger partial charge in [0.15, 0.2) is 5.96 Å². The van der Waals surface area contributed by atoms with Gasteiger partial charge in [-0.3, -0.25) is 9.89 Å². The highest BCUT2D eigenvalue weighted by molar-refractivity contribution is 5.80. The zero-order valence-corrected chi connectivity index (χ0v) is 19.1. The summed E-state index contributed by atoms with van der Waals surface area (Å²) in [5.74, 6) is 0.937. The van der Waals surface area contributed by atoms with Crippen molar-refractivity contribution in [2.75, 3.05) is 53.9 Å². The summed E-state index contributed by atoms with van der Waals surface area (Å²) in [6.07, 6.45) is 7.57. The Hall–Kier alpha value is -0.850. The summed E-state index contributed by atoms with van der Waals surface area (Å²) < 4.78 is 5.78. The molecule has 3 aliphatic rings. The number of ether oxygens (including phenoxy) is 1. The molecule has 0 bridgehead atoms. The second-order valence-corrected chi connectivity index (χ2v) is 10.1. The fourth-order valence-electron chi connectivity index (χ4n) is 5.34. The molecule has 2 heterocycles. The van der Waals surface area contributed by atoms with Gasteiger partial charge in [-0.15, -0.1) is 0 Å². The molecule has 0 aromatic rings. The number of methoxy groups -OCH3 is 1. The lowest BCUT2D eigenvalue weighted by atomic mass is 9.56. The van der Waals surface area contributed by atoms with E-state index in [0.717, 1.165) is 18.9 Å². The maximum Gasteiger partial charge on any atom is 0.191 e. The van der Waals surface area contributed by atoms with Gasteiger partial charge in [-0.25, -0.2) is 0 Å². The Balaban J connectivity index is 1.62. The monoisotopic (exact) mass is 393 g/mol. The molecule has 0 aromatic heterocycles. The molecule has 162 valence electrons. The molecule has 0 radical (unpaired) electrons. The number of nitrogens with zero attached hydrogens (tertiary/aromatic N) is 3. The van der Waals surface area contributed by atoms with E-state index in [1.807, 2.05) is 14.2 Å². The van der Waals surface area contributed by atoms with Gasteiger partial charge in [-0.2, -0.15) is 0 Å². The first kappa shape index (κ1) is 21.8. The first-order valence-corrected chi connectivity index (χ1v) is 11.2. The van der Waals surface area contributed by atoms with Crippen molar-refractivity contribution in [1.82, 2.24) is 20.4 Å². The van der Waals surface area contributed by atoms with Gasteiger partial charge >= 0.3 is 0 Å². The molecular weight excluding hydrogens is 350 g/mol. The number of likely N-dealkylation sites (tertiary alicyclic amines) is 2. The Bertz CT molecular complexity index is 549. The van der Waals surface area contributed by atoms with Crippen LogP contribution in [0.4, 0.5) is 0 Å². The minimum atomic E-state index is -0.0630. The van der Waals surface area contributed by atoms with Crippen molar-refractivity contribution in [3.63, 3.8) is 0 Å². The van der Waals surface area contributed by atoms with Crippen molar-refractivity contribution < 1.29 is 4.74 Å². The highest BCUT2D eigenvalue weighted by Gasteiger charge is 2.58. The van der Waals surface area contributed by atoms with Crippen LogP contribution in [0.25, 0.3) is 0 Å². The molecule has 2 saturated heterocycles. The zero-order chi connectivity index (χ0) is 20.4.